The number of rotatable bonds is 4. The molecule has 2 bridgehead atoms. The molecule has 2 aliphatic rings. The van der Waals surface area contributed by atoms with Gasteiger partial charge in [-0.1, -0.05) is 0 Å². The van der Waals surface area contributed by atoms with Crippen LogP contribution in [-0.4, -0.2) is 66.3 Å². The van der Waals surface area contributed by atoms with Gasteiger partial charge in [-0.2, -0.15) is 27.8 Å². The molecule has 0 aromatic carbocycles. The number of carbonyl (C=O) groups excluding carboxylic acids is 1. The lowest BCUT2D eigenvalue weighted by molar-refractivity contribution is -0.158. The first kappa shape index (κ1) is 19.8. The molecule has 164 valence electrons. The third-order valence-electron chi connectivity index (χ3n) is 5.91. The molecule has 0 spiro atoms. The van der Waals surface area contributed by atoms with Crippen LogP contribution in [0.3, 0.4) is 0 Å². The average Bonchev–Trinajstić information content (AvgIpc) is 3.42. The zero-order valence-corrected chi connectivity index (χ0v) is 16.5. The largest absolute Gasteiger partial charge is 0.351 e. The number of anilines is 1. The number of fused-ring (bicyclic) bond motifs is 3. The van der Waals surface area contributed by atoms with E-state index in [1.54, 1.807) is 16.8 Å². The summed E-state index contributed by atoms with van der Waals surface area (Å²) in [6.07, 6.45) is 6.99. The molecule has 8 nitrogen and oxygen atoms in total. The second-order valence-corrected chi connectivity index (χ2v) is 8.02. The van der Waals surface area contributed by atoms with E-state index in [-0.39, 0.29) is 12.1 Å². The van der Waals surface area contributed by atoms with E-state index >= 15 is 0 Å². The van der Waals surface area contributed by atoms with Crippen LogP contribution >= 0.6 is 0 Å². The van der Waals surface area contributed by atoms with Gasteiger partial charge in [-0.15, -0.1) is 0 Å². The number of alkyl halides is 4. The normalized spacial score (nSPS) is 21.5. The molecule has 0 N–H and O–H groups in total. The van der Waals surface area contributed by atoms with E-state index in [1.165, 1.54) is 23.6 Å². The maximum absolute atomic E-state index is 13.6. The van der Waals surface area contributed by atoms with Gasteiger partial charge in [0.1, 0.15) is 11.8 Å². The number of hydrogen-bond acceptors (Lipinski definition) is 5. The summed E-state index contributed by atoms with van der Waals surface area (Å²) >= 11 is 0. The van der Waals surface area contributed by atoms with Gasteiger partial charge in [-0.3, -0.25) is 4.79 Å². The van der Waals surface area contributed by atoms with E-state index < -0.39 is 18.4 Å². The summed E-state index contributed by atoms with van der Waals surface area (Å²) in [6.45, 7) is -1.33. The quantitative estimate of drug-likeness (QED) is 0.587. The Balaban J connectivity index is 1.45. The molecular weight excluding hydrogens is 418 g/mol. The van der Waals surface area contributed by atoms with Gasteiger partial charge in [0.05, 0.1) is 6.20 Å². The fourth-order valence-corrected chi connectivity index (χ4v) is 4.55. The Hall–Kier alpha value is -3.18. The van der Waals surface area contributed by atoms with Crippen molar-refractivity contribution in [1.82, 2.24) is 29.3 Å². The Labute approximate surface area is 174 Å². The van der Waals surface area contributed by atoms with E-state index in [9.17, 15) is 22.4 Å². The van der Waals surface area contributed by atoms with Crippen molar-refractivity contribution in [2.24, 2.45) is 0 Å². The lowest BCUT2D eigenvalue weighted by atomic mass is 10.1. The van der Waals surface area contributed by atoms with Crippen LogP contribution in [-0.2, 0) is 4.79 Å². The summed E-state index contributed by atoms with van der Waals surface area (Å²) in [5.41, 5.74) is 1.82. The van der Waals surface area contributed by atoms with Crippen LogP contribution in [0.4, 0.5) is 23.4 Å². The fourth-order valence-electron chi connectivity index (χ4n) is 4.55. The first-order chi connectivity index (χ1) is 14.7. The van der Waals surface area contributed by atoms with Crippen LogP contribution < -0.4 is 4.90 Å². The lowest BCUT2D eigenvalue weighted by Crippen LogP contribution is -2.59. The number of nitrogens with zero attached hydrogens (tertiary/aromatic N) is 7. The number of aromatic nitrogens is 5. The molecule has 3 aromatic rings. The first-order valence-electron chi connectivity index (χ1n) is 9.84. The van der Waals surface area contributed by atoms with E-state index in [2.05, 4.69) is 15.2 Å². The monoisotopic (exact) mass is 437 g/mol. The standard InChI is InChI=1S/C19H19F4N7O/c1-19(22,23)17(31)30-13-2-3-14(30)9-27(8-13)16-15-4-11(6-28(15)26-10-24-16)12-5-25-29(7-12)18(20)21/h4-7,10,13-14,18H,2-3,8-9H2,1H3. The van der Waals surface area contributed by atoms with Crippen molar-refractivity contribution in [2.45, 2.75) is 44.3 Å². The second-order valence-electron chi connectivity index (χ2n) is 8.02. The molecule has 12 heteroatoms. The number of halogens is 4. The minimum atomic E-state index is -3.40. The van der Waals surface area contributed by atoms with Crippen molar-refractivity contribution in [1.29, 1.82) is 0 Å². The highest BCUT2D eigenvalue weighted by Gasteiger charge is 2.49. The second kappa shape index (κ2) is 6.92. The zero-order valence-electron chi connectivity index (χ0n) is 16.5. The Kier molecular flexibility index (Phi) is 4.41. The van der Waals surface area contributed by atoms with Crippen molar-refractivity contribution in [3.8, 4) is 11.1 Å². The molecule has 2 fully saturated rings. The number of hydrogen-bond donors (Lipinski definition) is 0. The molecule has 2 aliphatic heterocycles. The summed E-state index contributed by atoms with van der Waals surface area (Å²) in [5.74, 6) is -3.92. The van der Waals surface area contributed by atoms with Crippen LogP contribution in [0.25, 0.3) is 16.6 Å². The molecule has 2 unspecified atom stereocenters. The first-order valence-corrected chi connectivity index (χ1v) is 9.84. The van der Waals surface area contributed by atoms with Crippen LogP contribution in [0.1, 0.15) is 26.3 Å². The third-order valence-corrected chi connectivity index (χ3v) is 5.91. The molecule has 1 amide bonds. The van der Waals surface area contributed by atoms with Gasteiger partial charge >= 0.3 is 12.5 Å². The van der Waals surface area contributed by atoms with Gasteiger partial charge in [0.25, 0.3) is 5.91 Å². The zero-order chi connectivity index (χ0) is 21.9. The molecule has 31 heavy (non-hydrogen) atoms. The number of amides is 1. The van der Waals surface area contributed by atoms with Gasteiger partial charge in [0, 0.05) is 55.6 Å². The van der Waals surface area contributed by atoms with Crippen LogP contribution in [0.15, 0.2) is 31.0 Å². The third kappa shape index (κ3) is 3.29. The molecule has 0 aliphatic carbocycles. The van der Waals surface area contributed by atoms with Crippen molar-refractivity contribution in [3.05, 3.63) is 31.0 Å². The molecule has 3 aromatic heterocycles. The van der Waals surface area contributed by atoms with Gasteiger partial charge in [-0.25, -0.2) is 14.2 Å². The summed E-state index contributed by atoms with van der Waals surface area (Å²) in [6, 6.07) is 1.15. The van der Waals surface area contributed by atoms with Crippen molar-refractivity contribution >= 4 is 17.2 Å². The summed E-state index contributed by atoms with van der Waals surface area (Å²) in [5, 5.41) is 7.85. The van der Waals surface area contributed by atoms with Gasteiger partial charge in [-0.05, 0) is 18.9 Å². The van der Waals surface area contributed by atoms with Crippen molar-refractivity contribution in [3.63, 3.8) is 0 Å². The Morgan fingerprint density at radius 1 is 1.13 bits per heavy atom. The maximum atomic E-state index is 13.6. The SMILES string of the molecule is CC(F)(F)C(=O)N1C2CCC1CN(c1ncnn3cc(-c4cnn(C(F)F)c4)cc13)C2. The Morgan fingerprint density at radius 3 is 2.45 bits per heavy atom. The minimum Gasteiger partial charge on any atom is -0.351 e. The molecule has 5 rings (SSSR count). The van der Waals surface area contributed by atoms with Crippen molar-refractivity contribution < 1.29 is 22.4 Å². The predicted octanol–water partition coefficient (Wildman–Crippen LogP) is 2.82. The average molecular weight is 437 g/mol. The molecule has 2 atom stereocenters. The molecule has 0 saturated carbocycles. The summed E-state index contributed by atoms with van der Waals surface area (Å²) in [4.78, 5) is 19.9. The van der Waals surface area contributed by atoms with Crippen LogP contribution in [0.5, 0.6) is 0 Å². The summed E-state index contributed by atoms with van der Waals surface area (Å²) < 4.78 is 55.1. The fraction of sp³-hybridized carbons (Fsp3) is 0.474. The molecule has 5 heterocycles. The van der Waals surface area contributed by atoms with E-state index in [0.29, 0.717) is 60.0 Å². The Morgan fingerprint density at radius 2 is 1.84 bits per heavy atom. The molecular formula is C19H19F4N7O. The van der Waals surface area contributed by atoms with Crippen LogP contribution in [0.2, 0.25) is 0 Å². The summed E-state index contributed by atoms with van der Waals surface area (Å²) in [7, 11) is 0. The number of carbonyl (C=O) groups is 1. The molecule has 2 saturated heterocycles. The number of piperazine rings is 1. The van der Waals surface area contributed by atoms with Crippen molar-refractivity contribution in [2.75, 3.05) is 18.0 Å². The van der Waals surface area contributed by atoms with Gasteiger partial charge in [0.15, 0.2) is 5.82 Å². The van der Waals surface area contributed by atoms with Gasteiger partial charge in [0.2, 0.25) is 0 Å². The molecule has 0 radical (unpaired) electrons. The van der Waals surface area contributed by atoms with E-state index in [4.69, 9.17) is 0 Å². The van der Waals surface area contributed by atoms with Crippen LogP contribution in [0, 0.1) is 0 Å². The smallest absolute Gasteiger partial charge is 0.333 e. The highest BCUT2D eigenvalue weighted by Crippen LogP contribution is 2.36. The minimum absolute atomic E-state index is 0.314. The predicted molar refractivity (Wildman–Crippen MR) is 102 cm³/mol. The highest BCUT2D eigenvalue weighted by atomic mass is 19.3. The maximum Gasteiger partial charge on any atom is 0.333 e. The lowest BCUT2D eigenvalue weighted by Gasteiger charge is -2.42. The van der Waals surface area contributed by atoms with E-state index in [1.807, 2.05) is 4.90 Å². The highest BCUT2D eigenvalue weighted by molar-refractivity contribution is 5.84. The van der Waals surface area contributed by atoms with E-state index in [0.717, 1.165) is 0 Å². The Bertz CT molecular complexity index is 1120. The van der Waals surface area contributed by atoms with Gasteiger partial charge < -0.3 is 9.80 Å². The topological polar surface area (TPSA) is 71.6 Å².